The van der Waals surface area contributed by atoms with E-state index in [9.17, 15) is 10.2 Å². The maximum absolute atomic E-state index is 11.0. The van der Waals surface area contributed by atoms with Crippen molar-refractivity contribution in [2.75, 3.05) is 0 Å². The summed E-state index contributed by atoms with van der Waals surface area (Å²) in [7, 11) is 0. The minimum Gasteiger partial charge on any atom is -0.508 e. The van der Waals surface area contributed by atoms with Gasteiger partial charge >= 0.3 is 0 Å². The molecule has 2 aliphatic carbocycles. The van der Waals surface area contributed by atoms with E-state index in [2.05, 4.69) is 23.2 Å². The maximum Gasteiger partial charge on any atom is 0.115 e. The number of benzene rings is 1. The normalized spacial score (nSPS) is 27.7. The number of aliphatic hydroxyl groups is 1. The van der Waals surface area contributed by atoms with Crippen LogP contribution in [0.1, 0.15) is 49.1 Å². The predicted molar refractivity (Wildman–Crippen MR) is 88.8 cm³/mol. The van der Waals surface area contributed by atoms with Crippen molar-refractivity contribution in [2.24, 2.45) is 11.3 Å². The minimum absolute atomic E-state index is 0.0353. The Kier molecular flexibility index (Phi) is 3.31. The number of phenolic OH excluding ortho intramolecular Hbond substituents is 1. The fourth-order valence-electron chi connectivity index (χ4n) is 4.40. The summed E-state index contributed by atoms with van der Waals surface area (Å²) >= 11 is 0. The van der Waals surface area contributed by atoms with Gasteiger partial charge in [-0.1, -0.05) is 24.6 Å². The molecule has 1 aromatic carbocycles. The first kappa shape index (κ1) is 14.5. The average molecular weight is 310 g/mol. The van der Waals surface area contributed by atoms with Crippen LogP contribution in [0.3, 0.4) is 0 Å². The van der Waals surface area contributed by atoms with E-state index < -0.39 is 6.10 Å². The van der Waals surface area contributed by atoms with E-state index in [1.807, 2.05) is 18.3 Å². The Morgan fingerprint density at radius 1 is 1.30 bits per heavy atom. The first-order valence-electron chi connectivity index (χ1n) is 8.28. The van der Waals surface area contributed by atoms with Gasteiger partial charge in [0.05, 0.1) is 18.0 Å². The van der Waals surface area contributed by atoms with Crippen molar-refractivity contribution in [2.45, 2.75) is 38.7 Å². The number of hydrogen-bond acceptors (Lipinski definition) is 3. The van der Waals surface area contributed by atoms with Gasteiger partial charge in [-0.05, 0) is 66.4 Å². The number of hydrogen-bond donors (Lipinski definition) is 3. The second-order valence-corrected chi connectivity index (χ2v) is 7.11. The molecule has 1 aromatic heterocycles. The molecule has 3 atom stereocenters. The smallest absolute Gasteiger partial charge is 0.115 e. The van der Waals surface area contributed by atoms with Crippen LogP contribution in [0.4, 0.5) is 0 Å². The number of nitrogens with zero attached hydrogens (tertiary/aromatic N) is 1. The number of aromatic hydroxyl groups is 1. The summed E-state index contributed by atoms with van der Waals surface area (Å²) < 4.78 is 0. The topological polar surface area (TPSA) is 69.1 Å². The molecule has 1 fully saturated rings. The van der Waals surface area contributed by atoms with Crippen LogP contribution < -0.4 is 0 Å². The fourth-order valence-corrected chi connectivity index (χ4v) is 4.40. The van der Waals surface area contributed by atoms with E-state index in [0.29, 0.717) is 0 Å². The van der Waals surface area contributed by atoms with Crippen LogP contribution in [0.15, 0.2) is 36.0 Å². The average Bonchev–Trinajstić information content (AvgIpc) is 2.98. The van der Waals surface area contributed by atoms with Gasteiger partial charge in [-0.3, -0.25) is 5.10 Å². The van der Waals surface area contributed by atoms with Crippen molar-refractivity contribution in [3.63, 3.8) is 0 Å². The molecule has 120 valence electrons. The Morgan fingerprint density at radius 2 is 2.09 bits per heavy atom. The lowest BCUT2D eigenvalue weighted by Crippen LogP contribution is -2.40. The molecule has 0 spiro atoms. The third-order valence-electron chi connectivity index (χ3n) is 5.76. The van der Waals surface area contributed by atoms with Gasteiger partial charge in [-0.2, -0.15) is 5.10 Å². The molecular formula is C19H22N2O2. The molecule has 0 unspecified atom stereocenters. The van der Waals surface area contributed by atoms with Crippen LogP contribution in [0.5, 0.6) is 5.75 Å². The van der Waals surface area contributed by atoms with Crippen molar-refractivity contribution < 1.29 is 10.2 Å². The largest absolute Gasteiger partial charge is 0.508 e. The summed E-state index contributed by atoms with van der Waals surface area (Å²) in [5.74, 6) is 0.409. The number of aromatic nitrogens is 2. The number of rotatable bonds is 2. The van der Waals surface area contributed by atoms with Crippen molar-refractivity contribution in [1.29, 1.82) is 0 Å². The monoisotopic (exact) mass is 310 g/mol. The lowest BCUT2D eigenvalue weighted by Gasteiger charge is -2.47. The lowest BCUT2D eigenvalue weighted by atomic mass is 9.58. The Hall–Kier alpha value is -2.07. The van der Waals surface area contributed by atoms with E-state index in [1.165, 1.54) is 11.1 Å². The Labute approximate surface area is 135 Å². The van der Waals surface area contributed by atoms with Crippen LogP contribution in [0, 0.1) is 11.3 Å². The zero-order chi connectivity index (χ0) is 16.0. The van der Waals surface area contributed by atoms with E-state index in [4.69, 9.17) is 0 Å². The Morgan fingerprint density at radius 3 is 2.87 bits per heavy atom. The van der Waals surface area contributed by atoms with Crippen molar-refractivity contribution in [3.05, 3.63) is 52.9 Å². The molecular weight excluding hydrogens is 288 g/mol. The van der Waals surface area contributed by atoms with Gasteiger partial charge in [-0.15, -0.1) is 0 Å². The number of phenols is 1. The van der Waals surface area contributed by atoms with Gasteiger partial charge in [0.2, 0.25) is 0 Å². The second kappa shape index (κ2) is 5.24. The summed E-state index contributed by atoms with van der Waals surface area (Å²) in [5.41, 5.74) is 4.63. The summed E-state index contributed by atoms with van der Waals surface area (Å²) in [5, 5.41) is 27.7. The predicted octanol–water partition coefficient (Wildman–Crippen LogP) is 3.59. The number of nitrogens with one attached hydrogen (secondary N) is 1. The highest BCUT2D eigenvalue weighted by atomic mass is 16.3. The van der Waals surface area contributed by atoms with Crippen LogP contribution >= 0.6 is 0 Å². The molecule has 1 heterocycles. The highest BCUT2D eigenvalue weighted by Crippen LogP contribution is 2.54. The van der Waals surface area contributed by atoms with Gasteiger partial charge in [0.25, 0.3) is 0 Å². The number of H-pyrrole nitrogens is 1. The Bertz CT molecular complexity index is 747. The highest BCUT2D eigenvalue weighted by Gasteiger charge is 2.46. The molecule has 1 saturated carbocycles. The van der Waals surface area contributed by atoms with Gasteiger partial charge in [0, 0.05) is 0 Å². The van der Waals surface area contributed by atoms with Crippen LogP contribution in [0.25, 0.3) is 6.08 Å². The van der Waals surface area contributed by atoms with E-state index in [-0.39, 0.29) is 17.1 Å². The quantitative estimate of drug-likeness (QED) is 0.794. The van der Waals surface area contributed by atoms with Crippen molar-refractivity contribution in [1.82, 2.24) is 10.2 Å². The van der Waals surface area contributed by atoms with Gasteiger partial charge in [0.1, 0.15) is 5.75 Å². The molecule has 4 rings (SSSR count). The molecule has 0 bridgehead atoms. The molecule has 3 N–H and O–H groups in total. The van der Waals surface area contributed by atoms with E-state index in [1.54, 1.807) is 12.1 Å². The van der Waals surface area contributed by atoms with Crippen molar-refractivity contribution >= 4 is 6.08 Å². The summed E-state index contributed by atoms with van der Waals surface area (Å²) in [6.45, 7) is 2.28. The molecule has 2 aliphatic rings. The van der Waals surface area contributed by atoms with E-state index >= 15 is 0 Å². The lowest BCUT2D eigenvalue weighted by molar-refractivity contribution is 0.0217. The SMILES string of the molecule is C[C@]12Cc3cn[nH]c3C=C1CCC[C@@H]2[C@@H](O)c1ccc(O)cc1. The molecule has 0 radical (unpaired) electrons. The molecule has 0 amide bonds. The number of fused-ring (bicyclic) bond motifs is 2. The Balaban J connectivity index is 1.70. The zero-order valence-electron chi connectivity index (χ0n) is 13.3. The first-order valence-corrected chi connectivity index (χ1v) is 8.28. The molecule has 2 aromatic rings. The van der Waals surface area contributed by atoms with Crippen molar-refractivity contribution in [3.8, 4) is 5.75 Å². The van der Waals surface area contributed by atoms with Gasteiger partial charge < -0.3 is 10.2 Å². The van der Waals surface area contributed by atoms with Crippen LogP contribution in [0.2, 0.25) is 0 Å². The number of aromatic amines is 1. The van der Waals surface area contributed by atoms with Gasteiger partial charge in [0.15, 0.2) is 0 Å². The van der Waals surface area contributed by atoms with Crippen LogP contribution in [-0.2, 0) is 6.42 Å². The standard InChI is InChI=1S/C19H22N2O2/c1-19-10-13-11-20-21-17(13)9-14(19)3-2-4-16(19)18(23)12-5-7-15(22)8-6-12/h5-9,11,16,18,22-23H,2-4,10H2,1H3,(H,20,21)/t16-,18+,19+/m1/s1. The highest BCUT2D eigenvalue weighted by molar-refractivity contribution is 5.58. The summed E-state index contributed by atoms with van der Waals surface area (Å²) in [4.78, 5) is 0. The fraction of sp³-hybridized carbons (Fsp3) is 0.421. The number of allylic oxidation sites excluding steroid dienone is 1. The summed E-state index contributed by atoms with van der Waals surface area (Å²) in [6.07, 6.45) is 7.76. The third-order valence-corrected chi connectivity index (χ3v) is 5.76. The zero-order valence-corrected chi connectivity index (χ0v) is 13.3. The molecule has 4 nitrogen and oxygen atoms in total. The maximum atomic E-state index is 11.0. The third kappa shape index (κ3) is 2.29. The van der Waals surface area contributed by atoms with Gasteiger partial charge in [-0.25, -0.2) is 0 Å². The van der Waals surface area contributed by atoms with Crippen LogP contribution in [-0.4, -0.2) is 20.4 Å². The molecule has 0 aliphatic heterocycles. The first-order chi connectivity index (χ1) is 11.1. The molecule has 23 heavy (non-hydrogen) atoms. The summed E-state index contributed by atoms with van der Waals surface area (Å²) in [6, 6.07) is 6.95. The molecule has 4 heteroatoms. The minimum atomic E-state index is -0.516. The molecule has 0 saturated heterocycles. The second-order valence-electron chi connectivity index (χ2n) is 7.11. The number of aliphatic hydroxyl groups excluding tert-OH is 1. The van der Waals surface area contributed by atoms with E-state index in [0.717, 1.165) is 36.9 Å².